The topological polar surface area (TPSA) is 64.1 Å². The van der Waals surface area contributed by atoms with Gasteiger partial charge in [-0.1, -0.05) is 41.7 Å². The van der Waals surface area contributed by atoms with Crippen molar-refractivity contribution in [1.29, 1.82) is 0 Å². The van der Waals surface area contributed by atoms with Gasteiger partial charge in [-0.2, -0.15) is 0 Å². The van der Waals surface area contributed by atoms with Crippen molar-refractivity contribution in [2.75, 3.05) is 58.0 Å². The molecular formula is C27H30ClN3O4S. The zero-order valence-electron chi connectivity index (χ0n) is 20.2. The van der Waals surface area contributed by atoms with Crippen molar-refractivity contribution in [3.05, 3.63) is 60.7 Å². The fourth-order valence-corrected chi connectivity index (χ4v) is 5.21. The number of halogens is 1. The third-order valence-corrected chi connectivity index (χ3v) is 7.22. The second-order valence-corrected chi connectivity index (χ2v) is 9.49. The van der Waals surface area contributed by atoms with E-state index in [4.69, 9.17) is 19.2 Å². The second kappa shape index (κ2) is 12.4. The smallest absolute Gasteiger partial charge is 0.266 e. The van der Waals surface area contributed by atoms with Crippen molar-refractivity contribution in [3.63, 3.8) is 0 Å². The lowest BCUT2D eigenvalue weighted by Gasteiger charge is -2.27. The van der Waals surface area contributed by atoms with E-state index < -0.39 is 0 Å². The Morgan fingerprint density at radius 3 is 2.64 bits per heavy atom. The number of morpholine rings is 1. The number of ether oxygens (including phenoxy) is 3. The van der Waals surface area contributed by atoms with E-state index in [0.717, 1.165) is 66.0 Å². The average Bonchev–Trinajstić information content (AvgIpc) is 3.33. The molecule has 3 aromatic carbocycles. The van der Waals surface area contributed by atoms with Crippen LogP contribution in [0.3, 0.4) is 0 Å². The second-order valence-electron chi connectivity index (χ2n) is 8.48. The van der Waals surface area contributed by atoms with Gasteiger partial charge in [-0.15, -0.1) is 12.4 Å². The number of carbonyl (C=O) groups is 1. The maximum Gasteiger partial charge on any atom is 0.266 e. The molecular weight excluding hydrogens is 498 g/mol. The van der Waals surface area contributed by atoms with Gasteiger partial charge in [-0.3, -0.25) is 14.6 Å². The highest BCUT2D eigenvalue weighted by atomic mass is 35.5. The quantitative estimate of drug-likeness (QED) is 0.305. The van der Waals surface area contributed by atoms with E-state index >= 15 is 0 Å². The summed E-state index contributed by atoms with van der Waals surface area (Å²) in [6, 6.07) is 19.8. The molecule has 1 aliphatic rings. The Morgan fingerprint density at radius 2 is 1.83 bits per heavy atom. The van der Waals surface area contributed by atoms with Crippen LogP contribution in [0, 0.1) is 0 Å². The number of aromatic nitrogens is 1. The van der Waals surface area contributed by atoms with Crippen LogP contribution in [-0.2, 0) is 9.53 Å². The zero-order chi connectivity index (χ0) is 24.0. The van der Waals surface area contributed by atoms with E-state index in [1.165, 1.54) is 11.3 Å². The van der Waals surface area contributed by atoms with Crippen LogP contribution in [0.5, 0.6) is 11.5 Å². The maximum absolute atomic E-state index is 13.4. The molecule has 1 saturated heterocycles. The number of rotatable bonds is 9. The Hall–Kier alpha value is -2.91. The maximum atomic E-state index is 13.4. The number of methoxy groups -OCH3 is 1. The molecule has 36 heavy (non-hydrogen) atoms. The van der Waals surface area contributed by atoms with Crippen LogP contribution in [0.25, 0.3) is 21.0 Å². The molecule has 2 heterocycles. The standard InChI is InChI=1S/C27H29N3O4S.ClH/c1-32-22-9-10-25-24(18-22)28-27(35-25)30(12-4-11-29-13-15-33-16-14-29)26(31)19-34-23-8-7-20-5-2-3-6-21(20)17-23;/h2-3,5-10,17-18H,4,11-16,19H2,1H3;1H. The molecule has 1 aromatic heterocycles. The summed E-state index contributed by atoms with van der Waals surface area (Å²) < 4.78 is 17.7. The SMILES string of the molecule is COc1ccc2sc(N(CCCN3CCOCC3)C(=O)COc3ccc4ccccc4c3)nc2c1.Cl. The van der Waals surface area contributed by atoms with Gasteiger partial charge in [0.1, 0.15) is 11.5 Å². The Labute approximate surface area is 221 Å². The lowest BCUT2D eigenvalue weighted by molar-refractivity contribution is -0.120. The van der Waals surface area contributed by atoms with E-state index in [9.17, 15) is 4.79 Å². The van der Waals surface area contributed by atoms with Crippen LogP contribution < -0.4 is 14.4 Å². The van der Waals surface area contributed by atoms with Gasteiger partial charge in [-0.05, 0) is 41.5 Å². The summed E-state index contributed by atoms with van der Waals surface area (Å²) in [5.74, 6) is 1.32. The Morgan fingerprint density at radius 1 is 1.06 bits per heavy atom. The summed E-state index contributed by atoms with van der Waals surface area (Å²) in [6.45, 7) is 4.84. The van der Waals surface area contributed by atoms with Crippen LogP contribution in [-0.4, -0.2) is 68.9 Å². The molecule has 0 aliphatic carbocycles. The molecule has 1 fully saturated rings. The molecule has 7 nitrogen and oxygen atoms in total. The minimum Gasteiger partial charge on any atom is -0.497 e. The number of anilines is 1. The van der Waals surface area contributed by atoms with Crippen molar-refractivity contribution in [2.45, 2.75) is 6.42 Å². The molecule has 5 rings (SSSR count). The Bertz CT molecular complexity index is 1310. The minimum atomic E-state index is -0.105. The first-order valence-electron chi connectivity index (χ1n) is 11.9. The van der Waals surface area contributed by atoms with Crippen LogP contribution in [0.2, 0.25) is 0 Å². The van der Waals surface area contributed by atoms with Crippen LogP contribution in [0.4, 0.5) is 5.13 Å². The zero-order valence-corrected chi connectivity index (χ0v) is 21.9. The van der Waals surface area contributed by atoms with Gasteiger partial charge < -0.3 is 14.2 Å². The number of fused-ring (bicyclic) bond motifs is 2. The Balaban J connectivity index is 0.00000304. The molecule has 0 bridgehead atoms. The fourth-order valence-electron chi connectivity index (χ4n) is 4.22. The Kier molecular flexibility index (Phi) is 8.98. The van der Waals surface area contributed by atoms with Gasteiger partial charge in [-0.25, -0.2) is 4.98 Å². The van der Waals surface area contributed by atoms with Gasteiger partial charge in [0.15, 0.2) is 11.7 Å². The normalized spacial score (nSPS) is 13.9. The summed E-state index contributed by atoms with van der Waals surface area (Å²) in [5.41, 5.74) is 0.825. The highest BCUT2D eigenvalue weighted by molar-refractivity contribution is 7.22. The minimum absolute atomic E-state index is 0. The number of nitrogens with zero attached hydrogens (tertiary/aromatic N) is 3. The summed E-state index contributed by atoms with van der Waals surface area (Å²) >= 11 is 1.51. The largest absolute Gasteiger partial charge is 0.497 e. The average molecular weight is 528 g/mol. The molecule has 0 spiro atoms. The predicted molar refractivity (Wildman–Crippen MR) is 147 cm³/mol. The molecule has 0 radical (unpaired) electrons. The molecule has 0 unspecified atom stereocenters. The van der Waals surface area contributed by atoms with Gasteiger partial charge in [0.2, 0.25) is 0 Å². The van der Waals surface area contributed by atoms with Gasteiger partial charge in [0, 0.05) is 32.2 Å². The monoisotopic (exact) mass is 527 g/mol. The first-order valence-corrected chi connectivity index (χ1v) is 12.7. The van der Waals surface area contributed by atoms with Crippen molar-refractivity contribution in [3.8, 4) is 11.5 Å². The molecule has 1 amide bonds. The highest BCUT2D eigenvalue weighted by Gasteiger charge is 2.21. The number of thiazole rings is 1. The number of amides is 1. The third-order valence-electron chi connectivity index (χ3n) is 6.16. The summed E-state index contributed by atoms with van der Waals surface area (Å²) in [7, 11) is 1.64. The number of hydrogen-bond acceptors (Lipinski definition) is 7. The van der Waals surface area contributed by atoms with Crippen LogP contribution in [0.15, 0.2) is 60.7 Å². The summed E-state index contributed by atoms with van der Waals surface area (Å²) in [6.07, 6.45) is 0.848. The number of carbonyl (C=O) groups excluding carboxylic acids is 1. The molecule has 190 valence electrons. The highest BCUT2D eigenvalue weighted by Crippen LogP contribution is 2.31. The molecule has 1 aliphatic heterocycles. The summed E-state index contributed by atoms with van der Waals surface area (Å²) in [4.78, 5) is 22.3. The number of hydrogen-bond donors (Lipinski definition) is 0. The van der Waals surface area contributed by atoms with Crippen molar-refractivity contribution < 1.29 is 19.0 Å². The third kappa shape index (κ3) is 6.25. The van der Waals surface area contributed by atoms with Crippen LogP contribution in [0.1, 0.15) is 6.42 Å². The van der Waals surface area contributed by atoms with E-state index in [1.807, 2.05) is 54.6 Å². The van der Waals surface area contributed by atoms with Crippen molar-refractivity contribution in [2.24, 2.45) is 0 Å². The lowest BCUT2D eigenvalue weighted by Crippen LogP contribution is -2.40. The molecule has 4 aromatic rings. The first-order chi connectivity index (χ1) is 17.2. The number of benzene rings is 3. The van der Waals surface area contributed by atoms with Crippen molar-refractivity contribution in [1.82, 2.24) is 9.88 Å². The molecule has 0 N–H and O–H groups in total. The van der Waals surface area contributed by atoms with Crippen molar-refractivity contribution >= 4 is 55.8 Å². The van der Waals surface area contributed by atoms with E-state index in [-0.39, 0.29) is 24.9 Å². The predicted octanol–water partition coefficient (Wildman–Crippen LogP) is 5.01. The van der Waals surface area contributed by atoms with E-state index in [2.05, 4.69) is 11.0 Å². The first kappa shape index (κ1) is 26.2. The lowest BCUT2D eigenvalue weighted by atomic mass is 10.1. The van der Waals surface area contributed by atoms with Gasteiger partial charge in [0.05, 0.1) is 30.5 Å². The molecule has 0 atom stereocenters. The van der Waals surface area contributed by atoms with Gasteiger partial charge in [0.25, 0.3) is 5.91 Å². The van der Waals surface area contributed by atoms with E-state index in [1.54, 1.807) is 12.0 Å². The van der Waals surface area contributed by atoms with Crippen LogP contribution >= 0.6 is 23.7 Å². The molecule has 9 heteroatoms. The summed E-state index contributed by atoms with van der Waals surface area (Å²) in [5, 5.41) is 2.91. The molecule has 0 saturated carbocycles. The van der Waals surface area contributed by atoms with Gasteiger partial charge >= 0.3 is 0 Å². The van der Waals surface area contributed by atoms with E-state index in [0.29, 0.717) is 17.4 Å². The fraction of sp³-hybridized carbons (Fsp3) is 0.333.